The summed E-state index contributed by atoms with van der Waals surface area (Å²) in [4.78, 5) is 11.2. The van der Waals surface area contributed by atoms with E-state index in [1.807, 2.05) is 17.7 Å². The molecule has 1 saturated carbocycles. The third-order valence-electron chi connectivity index (χ3n) is 2.95. The Morgan fingerprint density at radius 2 is 2.21 bits per heavy atom. The van der Waals surface area contributed by atoms with Gasteiger partial charge < -0.3 is 10.2 Å². The average Bonchev–Trinajstić information content (AvgIpc) is 2.45. The normalized spacial score (nSPS) is 31.1. The first kappa shape index (κ1) is 9.68. The molecule has 0 radical (unpaired) electrons. The number of aliphatic carboxylic acids is 1. The molecule has 3 nitrogen and oxygen atoms in total. The van der Waals surface area contributed by atoms with Crippen molar-refractivity contribution in [2.75, 3.05) is 0 Å². The van der Waals surface area contributed by atoms with E-state index < -0.39 is 17.5 Å². The van der Waals surface area contributed by atoms with Crippen molar-refractivity contribution in [2.24, 2.45) is 0 Å². The predicted molar refractivity (Wildman–Crippen MR) is 53.6 cm³/mol. The zero-order chi connectivity index (χ0) is 10.3. The van der Waals surface area contributed by atoms with Gasteiger partial charge in [0.15, 0.2) is 0 Å². The molecule has 1 heterocycles. The Balaban J connectivity index is 2.39. The third kappa shape index (κ3) is 1.18. The van der Waals surface area contributed by atoms with Crippen molar-refractivity contribution in [1.29, 1.82) is 0 Å². The van der Waals surface area contributed by atoms with Crippen molar-refractivity contribution < 1.29 is 15.0 Å². The summed E-state index contributed by atoms with van der Waals surface area (Å²) in [6.07, 6.45) is 0.241. The molecular weight excluding hydrogens is 200 g/mol. The van der Waals surface area contributed by atoms with Crippen LogP contribution in [0.15, 0.2) is 10.8 Å². The van der Waals surface area contributed by atoms with Crippen LogP contribution in [-0.2, 0) is 10.2 Å². The van der Waals surface area contributed by atoms with Crippen molar-refractivity contribution in [3.8, 4) is 0 Å². The van der Waals surface area contributed by atoms with E-state index >= 15 is 0 Å². The molecule has 76 valence electrons. The number of aliphatic hydroxyl groups is 1. The number of hydrogen-bond acceptors (Lipinski definition) is 3. The summed E-state index contributed by atoms with van der Waals surface area (Å²) in [5.41, 5.74) is 1.08. The molecule has 0 atom stereocenters. The van der Waals surface area contributed by atoms with Crippen LogP contribution in [0.1, 0.15) is 24.0 Å². The van der Waals surface area contributed by atoms with E-state index in [2.05, 4.69) is 0 Å². The van der Waals surface area contributed by atoms with Crippen LogP contribution in [-0.4, -0.2) is 22.3 Å². The lowest BCUT2D eigenvalue weighted by Crippen LogP contribution is -2.50. The highest BCUT2D eigenvalue weighted by molar-refractivity contribution is 7.08. The van der Waals surface area contributed by atoms with Crippen LogP contribution in [0.4, 0.5) is 0 Å². The molecule has 0 saturated heterocycles. The molecule has 0 aromatic carbocycles. The molecule has 14 heavy (non-hydrogen) atoms. The Labute approximate surface area is 86.0 Å². The lowest BCUT2D eigenvalue weighted by Gasteiger charge is -2.42. The minimum absolute atomic E-state index is 0.347. The topological polar surface area (TPSA) is 57.5 Å². The Morgan fingerprint density at radius 1 is 1.57 bits per heavy atom. The van der Waals surface area contributed by atoms with E-state index in [0.29, 0.717) is 12.8 Å². The van der Waals surface area contributed by atoms with Gasteiger partial charge >= 0.3 is 5.97 Å². The van der Waals surface area contributed by atoms with Gasteiger partial charge in [0.25, 0.3) is 0 Å². The summed E-state index contributed by atoms with van der Waals surface area (Å²) in [5.74, 6) is -0.815. The van der Waals surface area contributed by atoms with E-state index in [-0.39, 0.29) is 0 Å². The minimum atomic E-state index is -0.816. The second kappa shape index (κ2) is 3.07. The van der Waals surface area contributed by atoms with Gasteiger partial charge in [0, 0.05) is 0 Å². The lowest BCUT2D eigenvalue weighted by atomic mass is 9.62. The molecular formula is C10H12O3S. The van der Waals surface area contributed by atoms with Gasteiger partial charge in [-0.2, -0.15) is 11.3 Å². The van der Waals surface area contributed by atoms with Crippen LogP contribution in [0.3, 0.4) is 0 Å². The third-order valence-corrected chi connectivity index (χ3v) is 3.81. The van der Waals surface area contributed by atoms with Gasteiger partial charge in [-0.3, -0.25) is 4.79 Å². The van der Waals surface area contributed by atoms with Gasteiger partial charge in [0.1, 0.15) is 0 Å². The first-order chi connectivity index (χ1) is 6.56. The van der Waals surface area contributed by atoms with E-state index in [9.17, 15) is 15.0 Å². The zero-order valence-corrected chi connectivity index (χ0v) is 8.67. The number of thiophene rings is 1. The Kier molecular flexibility index (Phi) is 2.12. The van der Waals surface area contributed by atoms with Crippen LogP contribution in [0, 0.1) is 6.92 Å². The molecule has 2 rings (SSSR count). The van der Waals surface area contributed by atoms with Crippen molar-refractivity contribution in [3.63, 3.8) is 0 Å². The van der Waals surface area contributed by atoms with E-state index in [1.165, 1.54) is 11.3 Å². The second-order valence-electron chi connectivity index (χ2n) is 3.92. The largest absolute Gasteiger partial charge is 0.481 e. The summed E-state index contributed by atoms with van der Waals surface area (Å²) in [6, 6.07) is 0. The number of carbonyl (C=O) groups is 1. The van der Waals surface area contributed by atoms with Gasteiger partial charge in [-0.05, 0) is 41.7 Å². The monoisotopic (exact) mass is 212 g/mol. The quantitative estimate of drug-likeness (QED) is 0.781. The fourth-order valence-electron chi connectivity index (χ4n) is 2.11. The summed E-state index contributed by atoms with van der Waals surface area (Å²) in [6.45, 7) is 1.92. The highest BCUT2D eigenvalue weighted by atomic mass is 32.1. The average molecular weight is 212 g/mol. The molecule has 1 aliphatic rings. The van der Waals surface area contributed by atoms with Crippen LogP contribution in [0.5, 0.6) is 0 Å². The SMILES string of the molecule is Cc1cscc1C1(C(=O)O)CC(O)C1. The zero-order valence-electron chi connectivity index (χ0n) is 7.86. The number of hydrogen-bond donors (Lipinski definition) is 2. The summed E-state index contributed by atoms with van der Waals surface area (Å²) < 4.78 is 0. The van der Waals surface area contributed by atoms with Gasteiger partial charge in [-0.15, -0.1) is 0 Å². The maximum Gasteiger partial charge on any atom is 0.314 e. The van der Waals surface area contributed by atoms with Crippen LogP contribution < -0.4 is 0 Å². The molecule has 0 bridgehead atoms. The highest BCUT2D eigenvalue weighted by Gasteiger charge is 2.52. The van der Waals surface area contributed by atoms with Gasteiger partial charge in [0.05, 0.1) is 11.5 Å². The lowest BCUT2D eigenvalue weighted by molar-refractivity contribution is -0.152. The smallest absolute Gasteiger partial charge is 0.314 e. The van der Waals surface area contributed by atoms with Crippen LogP contribution in [0.2, 0.25) is 0 Å². The second-order valence-corrected chi connectivity index (χ2v) is 4.66. The van der Waals surface area contributed by atoms with Crippen molar-refractivity contribution in [3.05, 3.63) is 21.9 Å². The predicted octanol–water partition coefficient (Wildman–Crippen LogP) is 1.53. The Bertz CT molecular complexity index is 363. The van der Waals surface area contributed by atoms with Crippen molar-refractivity contribution in [2.45, 2.75) is 31.3 Å². The fraction of sp³-hybridized carbons (Fsp3) is 0.500. The van der Waals surface area contributed by atoms with Crippen LogP contribution >= 0.6 is 11.3 Å². The molecule has 1 aromatic heterocycles. The summed E-state index contributed by atoms with van der Waals surface area (Å²) >= 11 is 1.52. The van der Waals surface area contributed by atoms with E-state index in [1.54, 1.807) is 0 Å². The van der Waals surface area contributed by atoms with Crippen molar-refractivity contribution >= 4 is 17.3 Å². The summed E-state index contributed by atoms with van der Waals surface area (Å²) in [7, 11) is 0. The molecule has 0 amide bonds. The maximum absolute atomic E-state index is 11.2. The van der Waals surface area contributed by atoms with Gasteiger partial charge in [-0.1, -0.05) is 0 Å². The molecule has 1 aliphatic carbocycles. The summed E-state index contributed by atoms with van der Waals surface area (Å²) in [5, 5.41) is 22.3. The molecule has 0 unspecified atom stereocenters. The fourth-order valence-corrected chi connectivity index (χ4v) is 3.05. The van der Waals surface area contributed by atoms with Gasteiger partial charge in [0.2, 0.25) is 0 Å². The number of rotatable bonds is 2. The minimum Gasteiger partial charge on any atom is -0.481 e. The Hall–Kier alpha value is -0.870. The number of aryl methyl sites for hydroxylation is 1. The molecule has 2 N–H and O–H groups in total. The maximum atomic E-state index is 11.2. The van der Waals surface area contributed by atoms with Crippen LogP contribution in [0.25, 0.3) is 0 Å². The molecule has 0 aliphatic heterocycles. The Morgan fingerprint density at radius 3 is 2.57 bits per heavy atom. The molecule has 0 spiro atoms. The standard InChI is InChI=1S/C10H12O3S/c1-6-4-14-5-8(6)10(9(12)13)2-7(11)3-10/h4-5,7,11H,2-3H2,1H3,(H,12,13). The highest BCUT2D eigenvalue weighted by Crippen LogP contribution is 2.46. The van der Waals surface area contributed by atoms with Gasteiger partial charge in [-0.25, -0.2) is 0 Å². The molecule has 4 heteroatoms. The first-order valence-corrected chi connectivity index (χ1v) is 5.45. The van der Waals surface area contributed by atoms with E-state index in [4.69, 9.17) is 0 Å². The first-order valence-electron chi connectivity index (χ1n) is 4.51. The number of carboxylic acids is 1. The molecule has 1 aromatic rings. The molecule has 1 fully saturated rings. The van der Waals surface area contributed by atoms with Crippen molar-refractivity contribution in [1.82, 2.24) is 0 Å². The number of aliphatic hydroxyl groups excluding tert-OH is 1. The van der Waals surface area contributed by atoms with E-state index in [0.717, 1.165) is 11.1 Å². The number of carboxylic acid groups (broad SMARTS) is 1.